The summed E-state index contributed by atoms with van der Waals surface area (Å²) in [5, 5.41) is 2.51. The van der Waals surface area contributed by atoms with E-state index in [1.54, 1.807) is 0 Å². The lowest BCUT2D eigenvalue weighted by atomic mass is 9.79. The molecule has 0 aliphatic rings. The number of hydrogen-bond acceptors (Lipinski definition) is 1. The van der Waals surface area contributed by atoms with E-state index in [-0.39, 0.29) is 21.7 Å². The molecule has 262 valence electrons. The molecule has 0 aliphatic heterocycles. The first kappa shape index (κ1) is 36.2. The molecule has 0 saturated carbocycles. The lowest BCUT2D eigenvalue weighted by Gasteiger charge is -2.34. The minimum Gasteiger partial charge on any atom is -0.310 e. The molecule has 0 spiro atoms. The summed E-state index contributed by atoms with van der Waals surface area (Å²) < 4.78 is 0. The standard InChI is InChI=1S/C50H57N/c1-47(2,3)36-28-37(48(4,5)6)31-40(30-36)51(41-32-38(49(7,8)9)29-39(33-41)50(10,11)12)45-27-17-16-24-43(45)44-26-19-23-35-22-18-25-42(46(35)44)34-20-14-13-15-21-34/h13-33H,1-12H3. The fourth-order valence-corrected chi connectivity index (χ4v) is 6.96. The van der Waals surface area contributed by atoms with Gasteiger partial charge in [0.15, 0.2) is 0 Å². The summed E-state index contributed by atoms with van der Waals surface area (Å²) in [6.07, 6.45) is 0. The third-order valence-corrected chi connectivity index (χ3v) is 10.2. The van der Waals surface area contributed by atoms with Crippen molar-refractivity contribution in [3.8, 4) is 22.3 Å². The van der Waals surface area contributed by atoms with Crippen LogP contribution in [0.3, 0.4) is 0 Å². The second-order valence-electron chi connectivity index (χ2n) is 18.5. The molecule has 0 fully saturated rings. The molecule has 6 rings (SSSR count). The smallest absolute Gasteiger partial charge is 0.0540 e. The Labute approximate surface area is 308 Å². The second-order valence-corrected chi connectivity index (χ2v) is 18.5. The van der Waals surface area contributed by atoms with Crippen LogP contribution >= 0.6 is 0 Å². The molecule has 51 heavy (non-hydrogen) atoms. The highest BCUT2D eigenvalue weighted by Gasteiger charge is 2.28. The zero-order valence-corrected chi connectivity index (χ0v) is 33.1. The minimum atomic E-state index is -0.0226. The zero-order chi connectivity index (χ0) is 36.9. The number of rotatable bonds is 5. The fraction of sp³-hybridized carbons (Fsp3) is 0.320. The van der Waals surface area contributed by atoms with Gasteiger partial charge in [0.25, 0.3) is 0 Å². The SMILES string of the molecule is CC(C)(C)c1cc(N(c2cc(C(C)(C)C)cc(C(C)(C)C)c2)c2ccccc2-c2cccc3cccc(-c4ccccc4)c23)cc(C(C)(C)C)c1. The Kier molecular flexibility index (Phi) is 9.34. The molecular formula is C50H57N. The van der Waals surface area contributed by atoms with Crippen LogP contribution in [0.5, 0.6) is 0 Å². The Morgan fingerprint density at radius 2 is 0.745 bits per heavy atom. The number of benzene rings is 6. The van der Waals surface area contributed by atoms with Crippen molar-refractivity contribution in [2.75, 3.05) is 4.90 Å². The average Bonchev–Trinajstić information content (AvgIpc) is 3.07. The van der Waals surface area contributed by atoms with Gasteiger partial charge in [0.2, 0.25) is 0 Å². The van der Waals surface area contributed by atoms with E-state index in [1.807, 2.05) is 0 Å². The molecule has 0 heterocycles. The molecule has 0 saturated heterocycles. The van der Waals surface area contributed by atoms with Gasteiger partial charge in [-0.2, -0.15) is 0 Å². The van der Waals surface area contributed by atoms with Crippen molar-refractivity contribution >= 4 is 27.8 Å². The Morgan fingerprint density at radius 1 is 0.353 bits per heavy atom. The van der Waals surface area contributed by atoms with E-state index in [4.69, 9.17) is 0 Å². The summed E-state index contributed by atoms with van der Waals surface area (Å²) in [5.74, 6) is 0. The molecule has 0 unspecified atom stereocenters. The zero-order valence-electron chi connectivity index (χ0n) is 33.1. The van der Waals surface area contributed by atoms with Crippen molar-refractivity contribution in [2.24, 2.45) is 0 Å². The minimum absolute atomic E-state index is 0.0226. The largest absolute Gasteiger partial charge is 0.310 e. The Hall–Kier alpha value is -4.62. The molecule has 0 bridgehead atoms. The summed E-state index contributed by atoms with van der Waals surface area (Å²) in [7, 11) is 0. The lowest BCUT2D eigenvalue weighted by Crippen LogP contribution is -2.21. The topological polar surface area (TPSA) is 3.24 Å². The number of fused-ring (bicyclic) bond motifs is 1. The lowest BCUT2D eigenvalue weighted by molar-refractivity contribution is 0.568. The maximum Gasteiger partial charge on any atom is 0.0540 e. The van der Waals surface area contributed by atoms with Gasteiger partial charge in [-0.1, -0.05) is 180 Å². The van der Waals surface area contributed by atoms with Crippen molar-refractivity contribution in [3.05, 3.63) is 150 Å². The number of nitrogens with zero attached hydrogens (tertiary/aromatic N) is 1. The highest BCUT2D eigenvalue weighted by molar-refractivity contribution is 6.08. The van der Waals surface area contributed by atoms with Gasteiger partial charge < -0.3 is 4.90 Å². The van der Waals surface area contributed by atoms with E-state index in [2.05, 4.69) is 215 Å². The second kappa shape index (κ2) is 13.2. The van der Waals surface area contributed by atoms with Crippen molar-refractivity contribution < 1.29 is 0 Å². The summed E-state index contributed by atoms with van der Waals surface area (Å²) in [6.45, 7) is 28.0. The van der Waals surface area contributed by atoms with E-state index in [0.717, 1.165) is 0 Å². The molecule has 0 amide bonds. The van der Waals surface area contributed by atoms with Gasteiger partial charge in [0.05, 0.1) is 5.69 Å². The normalized spacial score (nSPS) is 12.7. The van der Waals surface area contributed by atoms with Crippen LogP contribution in [0.25, 0.3) is 33.0 Å². The first-order valence-corrected chi connectivity index (χ1v) is 18.6. The Morgan fingerprint density at radius 3 is 1.20 bits per heavy atom. The van der Waals surface area contributed by atoms with Gasteiger partial charge >= 0.3 is 0 Å². The van der Waals surface area contributed by atoms with Gasteiger partial charge in [0, 0.05) is 16.9 Å². The molecule has 0 radical (unpaired) electrons. The summed E-state index contributed by atoms with van der Waals surface area (Å²) in [6, 6.07) is 47.9. The number of hydrogen-bond donors (Lipinski definition) is 0. The van der Waals surface area contributed by atoms with Gasteiger partial charge in [-0.25, -0.2) is 0 Å². The first-order chi connectivity index (χ1) is 23.8. The quantitative estimate of drug-likeness (QED) is 0.176. The molecule has 6 aromatic rings. The molecule has 1 heteroatoms. The van der Waals surface area contributed by atoms with Crippen LogP contribution in [-0.2, 0) is 21.7 Å². The number of para-hydroxylation sites is 1. The highest BCUT2D eigenvalue weighted by Crippen LogP contribution is 2.47. The Balaban J connectivity index is 1.74. The van der Waals surface area contributed by atoms with E-state index in [0.29, 0.717) is 0 Å². The predicted molar refractivity (Wildman–Crippen MR) is 224 cm³/mol. The van der Waals surface area contributed by atoms with E-state index in [1.165, 1.54) is 72.3 Å². The predicted octanol–water partition coefficient (Wildman–Crippen LogP) is 14.8. The van der Waals surface area contributed by atoms with Crippen LogP contribution in [0.1, 0.15) is 105 Å². The van der Waals surface area contributed by atoms with Crippen molar-refractivity contribution in [3.63, 3.8) is 0 Å². The van der Waals surface area contributed by atoms with Crippen LogP contribution < -0.4 is 4.90 Å². The summed E-state index contributed by atoms with van der Waals surface area (Å²) in [4.78, 5) is 2.55. The number of anilines is 3. The molecule has 1 nitrogen and oxygen atoms in total. The fourth-order valence-electron chi connectivity index (χ4n) is 6.96. The van der Waals surface area contributed by atoms with Crippen molar-refractivity contribution in [1.82, 2.24) is 0 Å². The monoisotopic (exact) mass is 671 g/mol. The molecule has 0 aliphatic carbocycles. The maximum atomic E-state index is 2.55. The summed E-state index contributed by atoms with van der Waals surface area (Å²) >= 11 is 0. The van der Waals surface area contributed by atoms with E-state index >= 15 is 0 Å². The van der Waals surface area contributed by atoms with Crippen LogP contribution in [0, 0.1) is 0 Å². The Bertz CT molecular complexity index is 2030. The van der Waals surface area contributed by atoms with Crippen molar-refractivity contribution in [1.29, 1.82) is 0 Å². The maximum absolute atomic E-state index is 2.55. The van der Waals surface area contributed by atoms with Gasteiger partial charge in [-0.15, -0.1) is 0 Å². The first-order valence-electron chi connectivity index (χ1n) is 18.6. The molecular weight excluding hydrogens is 615 g/mol. The van der Waals surface area contributed by atoms with Crippen LogP contribution in [-0.4, -0.2) is 0 Å². The van der Waals surface area contributed by atoms with Crippen LogP contribution in [0.2, 0.25) is 0 Å². The van der Waals surface area contributed by atoms with E-state index in [9.17, 15) is 0 Å². The van der Waals surface area contributed by atoms with Crippen LogP contribution in [0.4, 0.5) is 17.1 Å². The van der Waals surface area contributed by atoms with Crippen LogP contribution in [0.15, 0.2) is 127 Å². The van der Waals surface area contributed by atoms with Gasteiger partial charge in [-0.05, 0) is 102 Å². The molecule has 0 aromatic heterocycles. The highest BCUT2D eigenvalue weighted by atomic mass is 15.1. The van der Waals surface area contributed by atoms with Gasteiger partial charge in [-0.3, -0.25) is 0 Å². The third kappa shape index (κ3) is 7.55. The molecule has 6 aromatic carbocycles. The molecule has 0 atom stereocenters. The van der Waals surface area contributed by atoms with Gasteiger partial charge in [0.1, 0.15) is 0 Å². The van der Waals surface area contributed by atoms with Crippen molar-refractivity contribution in [2.45, 2.75) is 105 Å². The molecule has 0 N–H and O–H groups in total. The average molecular weight is 672 g/mol. The summed E-state index contributed by atoms with van der Waals surface area (Å²) in [5.41, 5.74) is 13.7. The third-order valence-electron chi connectivity index (χ3n) is 10.2. The van der Waals surface area contributed by atoms with E-state index < -0.39 is 0 Å².